The summed E-state index contributed by atoms with van der Waals surface area (Å²) in [7, 11) is -4.25. The lowest BCUT2D eigenvalue weighted by Crippen LogP contribution is -2.40. The number of fused-ring (bicyclic) bond motifs is 1. The van der Waals surface area contributed by atoms with Gasteiger partial charge < -0.3 is 24.1 Å². The van der Waals surface area contributed by atoms with E-state index >= 15 is 0 Å². The van der Waals surface area contributed by atoms with E-state index in [-0.39, 0.29) is 15.6 Å². The number of allylic oxidation sites excluding steroid dienone is 4. The number of carboxylic acid groups (broad SMARTS) is 1. The highest BCUT2D eigenvalue weighted by Gasteiger charge is 2.31. The summed E-state index contributed by atoms with van der Waals surface area (Å²) < 4.78 is 38.4. The third-order valence-electron chi connectivity index (χ3n) is 4.42. The van der Waals surface area contributed by atoms with Crippen molar-refractivity contribution in [2.45, 2.75) is 12.8 Å². The molecule has 3 rings (SSSR count). The van der Waals surface area contributed by atoms with Crippen LogP contribution in [0.15, 0.2) is 59.4 Å². The predicted molar refractivity (Wildman–Crippen MR) is 120 cm³/mol. The molecule has 1 aromatic carbocycles. The molecule has 0 aliphatic carbocycles. The number of anilines is 1. The van der Waals surface area contributed by atoms with E-state index in [1.807, 2.05) is 23.1 Å². The summed E-state index contributed by atoms with van der Waals surface area (Å²) in [6.45, 7) is -0.140. The molecule has 0 saturated carbocycles. The van der Waals surface area contributed by atoms with Gasteiger partial charge in [-0.1, -0.05) is 48.3 Å². The number of hydrogen-bond donors (Lipinski definition) is 0. The molecular formula is C20H18N2O7S3-2. The van der Waals surface area contributed by atoms with Gasteiger partial charge in [0.1, 0.15) is 4.32 Å². The number of hydrogen-bond acceptors (Lipinski definition) is 10. The normalized spacial score (nSPS) is 18.8. The molecule has 12 heteroatoms. The Kier molecular flexibility index (Phi) is 7.72. The number of thioether (sulfide) groups is 1. The molecule has 0 aromatic heterocycles. The van der Waals surface area contributed by atoms with Gasteiger partial charge in [-0.25, -0.2) is 8.42 Å². The molecule has 0 radical (unpaired) electrons. The molecule has 1 fully saturated rings. The summed E-state index contributed by atoms with van der Waals surface area (Å²) in [4.78, 5) is 26.1. The van der Waals surface area contributed by atoms with Gasteiger partial charge in [0, 0.05) is 12.3 Å². The van der Waals surface area contributed by atoms with Crippen molar-refractivity contribution in [1.82, 2.24) is 4.90 Å². The van der Waals surface area contributed by atoms with Crippen LogP contribution in [-0.4, -0.2) is 52.9 Å². The molecule has 170 valence electrons. The van der Waals surface area contributed by atoms with Crippen molar-refractivity contribution in [3.63, 3.8) is 0 Å². The smallest absolute Gasteiger partial charge is 0.266 e. The van der Waals surface area contributed by atoms with Gasteiger partial charge in [0.05, 0.1) is 33.2 Å². The van der Waals surface area contributed by atoms with Crippen LogP contribution in [0.5, 0.6) is 5.75 Å². The van der Waals surface area contributed by atoms with E-state index < -0.39 is 34.3 Å². The average Bonchev–Trinajstić information content (AvgIpc) is 3.19. The third-order valence-corrected chi connectivity index (χ3v) is 6.61. The number of carbonyl (C=O) groups is 2. The van der Waals surface area contributed by atoms with Crippen LogP contribution in [0, 0.1) is 0 Å². The number of carbonyl (C=O) groups excluding carboxylic acids is 2. The zero-order valence-corrected chi connectivity index (χ0v) is 19.1. The molecule has 0 spiro atoms. The molecule has 1 aromatic rings. The first-order chi connectivity index (χ1) is 15.2. The lowest BCUT2D eigenvalue weighted by Gasteiger charge is -2.18. The minimum absolute atomic E-state index is 0.151. The summed E-state index contributed by atoms with van der Waals surface area (Å²) in [5.41, 5.74) is 0.820. The number of thiocarbonyl (C=S) groups is 1. The minimum atomic E-state index is -4.25. The molecule has 0 unspecified atom stereocenters. The number of ether oxygens (including phenoxy) is 1. The third kappa shape index (κ3) is 6.19. The first-order valence-corrected chi connectivity index (χ1v) is 12.3. The molecule has 2 aliphatic rings. The Morgan fingerprint density at radius 1 is 1.16 bits per heavy atom. The van der Waals surface area contributed by atoms with Crippen LogP contribution in [0.4, 0.5) is 5.69 Å². The summed E-state index contributed by atoms with van der Waals surface area (Å²) in [6, 6.07) is 7.35. The van der Waals surface area contributed by atoms with Gasteiger partial charge in [-0.05, 0) is 37.1 Å². The maximum atomic E-state index is 12.2. The lowest BCUT2D eigenvalue weighted by atomic mass is 10.2. The van der Waals surface area contributed by atoms with Crippen LogP contribution in [0.1, 0.15) is 12.8 Å². The van der Waals surface area contributed by atoms with Crippen molar-refractivity contribution in [2.24, 2.45) is 0 Å². The summed E-state index contributed by atoms with van der Waals surface area (Å²) in [6.07, 6.45) is 7.18. The van der Waals surface area contributed by atoms with E-state index in [4.69, 9.17) is 17.0 Å². The van der Waals surface area contributed by atoms with E-state index in [9.17, 15) is 27.7 Å². The van der Waals surface area contributed by atoms with Crippen LogP contribution in [0.25, 0.3) is 0 Å². The fourth-order valence-corrected chi connectivity index (χ4v) is 4.78. The maximum absolute atomic E-state index is 12.2. The number of carboxylic acids is 1. The van der Waals surface area contributed by atoms with Gasteiger partial charge >= 0.3 is 0 Å². The Hall–Kier alpha value is -2.67. The molecule has 0 atom stereocenters. The second-order valence-electron chi connectivity index (χ2n) is 6.74. The summed E-state index contributed by atoms with van der Waals surface area (Å²) >= 11 is 6.03. The number of nitrogens with zero attached hydrogens (tertiary/aromatic N) is 2. The predicted octanol–water partition coefficient (Wildman–Crippen LogP) is 1.10. The fourth-order valence-electron chi connectivity index (χ4n) is 3.02. The summed E-state index contributed by atoms with van der Waals surface area (Å²) in [5, 5.41) is 10.7. The van der Waals surface area contributed by atoms with E-state index in [2.05, 4.69) is 0 Å². The topological polar surface area (TPSA) is 130 Å². The quantitative estimate of drug-likeness (QED) is 0.213. The second kappa shape index (κ2) is 10.3. The van der Waals surface area contributed by atoms with E-state index in [1.165, 1.54) is 6.08 Å². The molecular weight excluding hydrogens is 476 g/mol. The van der Waals surface area contributed by atoms with E-state index in [0.29, 0.717) is 24.6 Å². The summed E-state index contributed by atoms with van der Waals surface area (Å²) in [5.74, 6) is -1.16. The molecule has 9 nitrogen and oxygen atoms in total. The highest BCUT2D eigenvalue weighted by atomic mass is 32.2. The van der Waals surface area contributed by atoms with Crippen molar-refractivity contribution < 1.29 is 32.4 Å². The number of para-hydroxylation sites is 2. The minimum Gasteiger partial charge on any atom is -0.748 e. The highest BCUT2D eigenvalue weighted by molar-refractivity contribution is 8.26. The zero-order valence-electron chi connectivity index (χ0n) is 16.6. The zero-order chi connectivity index (χ0) is 23.3. The van der Waals surface area contributed by atoms with Gasteiger partial charge in [-0.15, -0.1) is 0 Å². The van der Waals surface area contributed by atoms with Crippen molar-refractivity contribution in [1.29, 1.82) is 0 Å². The van der Waals surface area contributed by atoms with Crippen molar-refractivity contribution in [2.75, 3.05) is 23.7 Å². The van der Waals surface area contributed by atoms with Gasteiger partial charge in [0.25, 0.3) is 5.91 Å². The van der Waals surface area contributed by atoms with Crippen LogP contribution in [0.2, 0.25) is 0 Å². The standard InChI is InChI=1S/C20H20N2O7S3/c23-18(24)13-22-19(25)16(31-20(22)30)9-3-4-10-17-21(11-5-6-12-32(26,27)28)14-7-1-2-8-15(14)29-17/h1-4,7-10H,5-6,11-13H2,(H,23,24)(H,26,27,28)/p-2/b4-3+,16-9+,17-10-. The Labute approximate surface area is 194 Å². The molecule has 0 N–H and O–H groups in total. The van der Waals surface area contributed by atoms with Crippen LogP contribution >= 0.6 is 24.0 Å². The number of aliphatic carboxylic acids is 1. The Balaban J connectivity index is 1.68. The highest BCUT2D eigenvalue weighted by Crippen LogP contribution is 2.38. The van der Waals surface area contributed by atoms with Gasteiger partial charge in [-0.3, -0.25) is 9.69 Å². The number of unbranched alkanes of at least 4 members (excludes halogenated alkanes) is 1. The molecule has 0 bridgehead atoms. The van der Waals surface area contributed by atoms with Crippen LogP contribution in [0.3, 0.4) is 0 Å². The van der Waals surface area contributed by atoms with Gasteiger partial charge in [-0.2, -0.15) is 0 Å². The molecule has 2 aliphatic heterocycles. The first kappa shape index (κ1) is 24.0. The SMILES string of the molecule is O=C([O-])CN1C(=O)\C(=C/C=C/C=C2\Oc3ccccc3N2CCCCS(=O)(=O)[O-])SC1=S. The Morgan fingerprint density at radius 3 is 2.59 bits per heavy atom. The number of rotatable bonds is 9. The fraction of sp³-hybridized carbons (Fsp3) is 0.250. The Bertz CT molecular complexity index is 1130. The van der Waals surface area contributed by atoms with Gasteiger partial charge in [0.15, 0.2) is 5.75 Å². The van der Waals surface area contributed by atoms with Crippen molar-refractivity contribution in [3.8, 4) is 5.75 Å². The van der Waals surface area contributed by atoms with Gasteiger partial charge in [0.2, 0.25) is 5.88 Å². The molecule has 1 saturated heterocycles. The monoisotopic (exact) mass is 494 g/mol. The first-order valence-electron chi connectivity index (χ1n) is 9.46. The average molecular weight is 495 g/mol. The molecule has 2 heterocycles. The number of benzene rings is 1. The van der Waals surface area contributed by atoms with Crippen LogP contribution in [-0.2, 0) is 19.7 Å². The Morgan fingerprint density at radius 2 is 1.88 bits per heavy atom. The number of amides is 1. The van der Waals surface area contributed by atoms with Crippen molar-refractivity contribution in [3.05, 3.63) is 59.4 Å². The van der Waals surface area contributed by atoms with Crippen molar-refractivity contribution >= 4 is 56.0 Å². The molecule has 32 heavy (non-hydrogen) atoms. The van der Waals surface area contributed by atoms with Crippen LogP contribution < -0.4 is 14.7 Å². The largest absolute Gasteiger partial charge is 0.748 e. The van der Waals surface area contributed by atoms with E-state index in [0.717, 1.165) is 22.3 Å². The molecule has 1 amide bonds. The van der Waals surface area contributed by atoms with E-state index in [1.54, 1.807) is 24.3 Å². The maximum Gasteiger partial charge on any atom is 0.266 e. The second-order valence-corrected chi connectivity index (χ2v) is 9.94. The lowest BCUT2D eigenvalue weighted by molar-refractivity contribution is -0.305.